The monoisotopic (exact) mass is 428 g/mol. The Kier molecular flexibility index (Phi) is 8.94. The third-order valence-corrected chi connectivity index (χ3v) is 6.78. The lowest BCUT2D eigenvalue weighted by Gasteiger charge is -2.18. The van der Waals surface area contributed by atoms with Crippen molar-refractivity contribution in [3.8, 4) is 11.5 Å². The summed E-state index contributed by atoms with van der Waals surface area (Å²) in [5.74, 6) is 0.764. The highest BCUT2D eigenvalue weighted by Gasteiger charge is 2.20. The summed E-state index contributed by atoms with van der Waals surface area (Å²) in [6, 6.07) is 16.4. The van der Waals surface area contributed by atoms with E-state index in [0.29, 0.717) is 0 Å². The average molecular weight is 429 g/mol. The minimum atomic E-state index is -0.747. The molecule has 0 aromatic heterocycles. The van der Waals surface area contributed by atoms with Crippen molar-refractivity contribution in [2.45, 2.75) is 74.0 Å². The lowest BCUT2D eigenvalue weighted by molar-refractivity contribution is -0.137. The van der Waals surface area contributed by atoms with Crippen LogP contribution in [0.15, 0.2) is 53.4 Å². The lowest BCUT2D eigenvalue weighted by atomic mass is 10.1. The zero-order chi connectivity index (χ0) is 21.2. The minimum Gasteiger partial charge on any atom is -0.493 e. The predicted molar refractivity (Wildman–Crippen MR) is 122 cm³/mol. The quantitative estimate of drug-likeness (QED) is 0.315. The molecule has 30 heavy (non-hydrogen) atoms. The van der Waals surface area contributed by atoms with Crippen LogP contribution in [0, 0.1) is 0 Å². The summed E-state index contributed by atoms with van der Waals surface area (Å²) in [5, 5.41) is 9.39. The molecule has 0 heterocycles. The van der Waals surface area contributed by atoms with Crippen molar-refractivity contribution in [2.75, 3.05) is 7.11 Å². The van der Waals surface area contributed by atoms with Crippen molar-refractivity contribution in [2.24, 2.45) is 0 Å². The van der Waals surface area contributed by atoms with E-state index < -0.39 is 5.97 Å². The molecule has 3 rings (SSSR count). The largest absolute Gasteiger partial charge is 0.493 e. The van der Waals surface area contributed by atoms with E-state index in [1.165, 1.54) is 18.4 Å². The summed E-state index contributed by atoms with van der Waals surface area (Å²) in [7, 11) is 1.66. The molecular formula is C25H32O4S. The number of aliphatic carboxylic acids is 1. The number of carboxylic acid groups (broad SMARTS) is 1. The van der Waals surface area contributed by atoms with Gasteiger partial charge in [-0.3, -0.25) is 4.79 Å². The molecule has 2 aromatic carbocycles. The van der Waals surface area contributed by atoms with Gasteiger partial charge in [0.25, 0.3) is 0 Å². The number of methoxy groups -OCH3 is 1. The third-order valence-electron chi connectivity index (χ3n) is 5.52. The van der Waals surface area contributed by atoms with Gasteiger partial charge in [0.05, 0.1) is 19.6 Å². The molecule has 0 saturated heterocycles. The molecule has 2 aromatic rings. The Hall–Kier alpha value is -2.14. The van der Waals surface area contributed by atoms with Crippen LogP contribution in [-0.4, -0.2) is 29.5 Å². The normalized spacial score (nSPS) is 15.1. The van der Waals surface area contributed by atoms with E-state index in [1.807, 2.05) is 24.3 Å². The predicted octanol–water partition coefficient (Wildman–Crippen LogP) is 6.37. The smallest absolute Gasteiger partial charge is 0.304 e. The van der Waals surface area contributed by atoms with Gasteiger partial charge in [-0.15, -0.1) is 11.8 Å². The Morgan fingerprint density at radius 3 is 2.57 bits per heavy atom. The van der Waals surface area contributed by atoms with Crippen LogP contribution in [-0.2, 0) is 11.2 Å². The first kappa shape index (κ1) is 22.5. The summed E-state index contributed by atoms with van der Waals surface area (Å²) >= 11 is 1.63. The first-order valence-electron chi connectivity index (χ1n) is 10.9. The molecule has 0 spiro atoms. The molecule has 1 N–H and O–H groups in total. The highest BCUT2D eigenvalue weighted by molar-refractivity contribution is 8.00. The van der Waals surface area contributed by atoms with Crippen LogP contribution in [0.1, 0.15) is 56.9 Å². The van der Waals surface area contributed by atoms with E-state index in [9.17, 15) is 9.90 Å². The van der Waals surface area contributed by atoms with E-state index in [-0.39, 0.29) is 17.8 Å². The van der Waals surface area contributed by atoms with E-state index in [0.717, 1.165) is 54.9 Å². The van der Waals surface area contributed by atoms with Gasteiger partial charge in [-0.05, 0) is 68.7 Å². The Morgan fingerprint density at radius 1 is 1.10 bits per heavy atom. The van der Waals surface area contributed by atoms with Crippen molar-refractivity contribution in [3.05, 3.63) is 54.1 Å². The van der Waals surface area contributed by atoms with Crippen LogP contribution >= 0.6 is 11.8 Å². The summed E-state index contributed by atoms with van der Waals surface area (Å²) in [6.07, 6.45) is 9.09. The molecule has 4 nitrogen and oxygen atoms in total. The van der Waals surface area contributed by atoms with Crippen molar-refractivity contribution >= 4 is 17.7 Å². The maximum atomic E-state index is 11.4. The van der Waals surface area contributed by atoms with Crippen molar-refractivity contribution in [1.29, 1.82) is 0 Å². The molecule has 1 unspecified atom stereocenters. The van der Waals surface area contributed by atoms with Crippen molar-refractivity contribution < 1.29 is 19.4 Å². The summed E-state index contributed by atoms with van der Waals surface area (Å²) in [6.45, 7) is 0. The van der Waals surface area contributed by atoms with Gasteiger partial charge in [-0.25, -0.2) is 0 Å². The number of rotatable bonds is 12. The summed E-state index contributed by atoms with van der Waals surface area (Å²) in [4.78, 5) is 12.4. The molecule has 1 saturated carbocycles. The first-order chi connectivity index (χ1) is 14.6. The van der Waals surface area contributed by atoms with Crippen LogP contribution in [0.4, 0.5) is 0 Å². The van der Waals surface area contributed by atoms with Gasteiger partial charge in [-0.2, -0.15) is 0 Å². The topological polar surface area (TPSA) is 55.8 Å². The molecule has 0 bridgehead atoms. The second-order valence-corrected chi connectivity index (χ2v) is 9.28. The number of benzene rings is 2. The number of carboxylic acids is 1. The first-order valence-corrected chi connectivity index (χ1v) is 11.8. The SMILES string of the molecule is COc1cc(SC(CCCCc2ccccc2)CC(=O)O)ccc1OC1CCCC1. The minimum absolute atomic E-state index is 0.0459. The lowest BCUT2D eigenvalue weighted by Crippen LogP contribution is -2.12. The summed E-state index contributed by atoms with van der Waals surface area (Å²) in [5.41, 5.74) is 1.34. The van der Waals surface area contributed by atoms with Crippen LogP contribution in [0.3, 0.4) is 0 Å². The van der Waals surface area contributed by atoms with E-state index in [4.69, 9.17) is 9.47 Å². The maximum absolute atomic E-state index is 11.4. The fraction of sp³-hybridized carbons (Fsp3) is 0.480. The van der Waals surface area contributed by atoms with Gasteiger partial charge in [0, 0.05) is 10.1 Å². The summed E-state index contributed by atoms with van der Waals surface area (Å²) < 4.78 is 11.7. The highest BCUT2D eigenvalue weighted by atomic mass is 32.2. The number of ether oxygens (including phenoxy) is 2. The van der Waals surface area contributed by atoms with Crippen molar-refractivity contribution in [1.82, 2.24) is 0 Å². The molecular weight excluding hydrogens is 396 g/mol. The van der Waals surface area contributed by atoms with Crippen molar-refractivity contribution in [3.63, 3.8) is 0 Å². The van der Waals surface area contributed by atoms with E-state index in [2.05, 4.69) is 24.3 Å². The standard InChI is InChI=1S/C25H32O4S/c1-28-24-17-22(15-16-23(24)29-20-12-6-7-13-20)30-21(18-25(26)27)14-8-5-11-19-9-3-2-4-10-19/h2-4,9-10,15-17,20-21H,5-8,11-14,18H2,1H3,(H,26,27). The van der Waals surface area contributed by atoms with Gasteiger partial charge in [0.2, 0.25) is 0 Å². The molecule has 162 valence electrons. The average Bonchev–Trinajstić information content (AvgIpc) is 3.25. The highest BCUT2D eigenvalue weighted by Crippen LogP contribution is 2.37. The number of hydrogen-bond donors (Lipinski definition) is 1. The maximum Gasteiger partial charge on any atom is 0.304 e. The Bertz CT molecular complexity index is 787. The fourth-order valence-corrected chi connectivity index (χ4v) is 5.16. The van der Waals surface area contributed by atoms with Gasteiger partial charge >= 0.3 is 5.97 Å². The molecule has 5 heteroatoms. The second-order valence-electron chi connectivity index (χ2n) is 7.91. The van der Waals surface area contributed by atoms with E-state index in [1.54, 1.807) is 18.9 Å². The van der Waals surface area contributed by atoms with Gasteiger partial charge in [-0.1, -0.05) is 36.8 Å². The molecule has 1 atom stereocenters. The van der Waals surface area contributed by atoms with Gasteiger partial charge in [0.1, 0.15) is 0 Å². The van der Waals surface area contributed by atoms with Gasteiger partial charge in [0.15, 0.2) is 11.5 Å². The molecule has 0 amide bonds. The zero-order valence-electron chi connectivity index (χ0n) is 17.7. The second kappa shape index (κ2) is 11.9. The Labute approximate surface area is 184 Å². The van der Waals surface area contributed by atoms with E-state index >= 15 is 0 Å². The number of thioether (sulfide) groups is 1. The van der Waals surface area contributed by atoms with Crippen LogP contribution in [0.25, 0.3) is 0 Å². The third kappa shape index (κ3) is 7.28. The number of aryl methyl sites for hydroxylation is 1. The number of hydrogen-bond acceptors (Lipinski definition) is 4. The number of unbranched alkanes of at least 4 members (excludes halogenated alkanes) is 1. The molecule has 1 aliphatic carbocycles. The van der Waals surface area contributed by atoms with Gasteiger partial charge < -0.3 is 14.6 Å². The van der Waals surface area contributed by atoms with Crippen LogP contribution in [0.2, 0.25) is 0 Å². The Morgan fingerprint density at radius 2 is 1.87 bits per heavy atom. The molecule has 0 radical (unpaired) electrons. The Balaban J connectivity index is 1.55. The fourth-order valence-electron chi connectivity index (χ4n) is 3.94. The molecule has 1 aliphatic rings. The zero-order valence-corrected chi connectivity index (χ0v) is 18.5. The van der Waals surface area contributed by atoms with Crippen LogP contribution in [0.5, 0.6) is 11.5 Å². The molecule has 0 aliphatic heterocycles. The molecule has 1 fully saturated rings. The number of carbonyl (C=O) groups is 1. The van der Waals surface area contributed by atoms with Crippen LogP contribution < -0.4 is 9.47 Å².